The van der Waals surface area contributed by atoms with Gasteiger partial charge in [0.1, 0.15) is 12.4 Å². The van der Waals surface area contributed by atoms with Crippen molar-refractivity contribution in [3.05, 3.63) is 51.3 Å². The summed E-state index contributed by atoms with van der Waals surface area (Å²) in [6.07, 6.45) is 1.93. The molecule has 0 bridgehead atoms. The fourth-order valence-electron chi connectivity index (χ4n) is 1.70. The molecule has 2 heterocycles. The van der Waals surface area contributed by atoms with Crippen LogP contribution in [-0.2, 0) is 6.61 Å². The molecular weight excluding hydrogens is 298 g/mol. The minimum atomic E-state index is 0.605. The van der Waals surface area contributed by atoms with Gasteiger partial charge in [-0.25, -0.2) is 0 Å². The molecule has 86 valence electrons. The monoisotopic (exact) mass is 307 g/mol. The van der Waals surface area contributed by atoms with Gasteiger partial charge in [-0.1, -0.05) is 0 Å². The lowest BCUT2D eigenvalue weighted by molar-refractivity contribution is 0.309. The molecule has 17 heavy (non-hydrogen) atoms. The van der Waals surface area contributed by atoms with Gasteiger partial charge >= 0.3 is 0 Å². The standard InChI is InChI=1S/C13H10BrNOS/c14-11-4-6-17-13(11)8-16-10-1-2-12-9(7-10)3-5-15-12/h1-7,15H,8H2. The summed E-state index contributed by atoms with van der Waals surface area (Å²) in [6.45, 7) is 0.605. The van der Waals surface area contributed by atoms with Crippen LogP contribution >= 0.6 is 27.3 Å². The van der Waals surface area contributed by atoms with Crippen LogP contribution in [0.5, 0.6) is 5.75 Å². The van der Waals surface area contributed by atoms with Gasteiger partial charge in [0.15, 0.2) is 0 Å². The zero-order valence-corrected chi connectivity index (χ0v) is 11.3. The minimum absolute atomic E-state index is 0.605. The molecule has 2 aromatic heterocycles. The number of H-pyrrole nitrogens is 1. The van der Waals surface area contributed by atoms with Gasteiger partial charge in [0, 0.05) is 21.6 Å². The van der Waals surface area contributed by atoms with Crippen molar-refractivity contribution < 1.29 is 4.74 Å². The number of rotatable bonds is 3. The van der Waals surface area contributed by atoms with E-state index in [-0.39, 0.29) is 0 Å². The largest absolute Gasteiger partial charge is 0.488 e. The number of hydrogen-bond acceptors (Lipinski definition) is 2. The van der Waals surface area contributed by atoms with Gasteiger partial charge in [-0.15, -0.1) is 11.3 Å². The Morgan fingerprint density at radius 1 is 1.24 bits per heavy atom. The number of fused-ring (bicyclic) bond motifs is 1. The van der Waals surface area contributed by atoms with Gasteiger partial charge in [-0.2, -0.15) is 0 Å². The number of halogens is 1. The van der Waals surface area contributed by atoms with E-state index >= 15 is 0 Å². The maximum Gasteiger partial charge on any atom is 0.124 e. The van der Waals surface area contributed by atoms with Crippen LogP contribution in [0.15, 0.2) is 46.4 Å². The van der Waals surface area contributed by atoms with Crippen LogP contribution in [-0.4, -0.2) is 4.98 Å². The van der Waals surface area contributed by atoms with Crippen LogP contribution < -0.4 is 4.74 Å². The molecule has 1 N–H and O–H groups in total. The van der Waals surface area contributed by atoms with Crippen molar-refractivity contribution in [2.45, 2.75) is 6.61 Å². The van der Waals surface area contributed by atoms with Crippen molar-refractivity contribution in [2.24, 2.45) is 0 Å². The first-order chi connectivity index (χ1) is 8.33. The van der Waals surface area contributed by atoms with E-state index in [2.05, 4.69) is 26.3 Å². The highest BCUT2D eigenvalue weighted by atomic mass is 79.9. The van der Waals surface area contributed by atoms with E-state index in [1.54, 1.807) is 11.3 Å². The lowest BCUT2D eigenvalue weighted by Gasteiger charge is -2.05. The molecular formula is C13H10BrNOS. The second kappa shape index (κ2) is 4.55. The van der Waals surface area contributed by atoms with Gasteiger partial charge in [0.05, 0.1) is 4.88 Å². The van der Waals surface area contributed by atoms with E-state index in [0.717, 1.165) is 15.7 Å². The Hall–Kier alpha value is -1.26. The van der Waals surface area contributed by atoms with Crippen molar-refractivity contribution in [1.29, 1.82) is 0 Å². The summed E-state index contributed by atoms with van der Waals surface area (Å²) in [5.74, 6) is 0.900. The summed E-state index contributed by atoms with van der Waals surface area (Å²) in [4.78, 5) is 4.37. The van der Waals surface area contributed by atoms with Crippen LogP contribution in [0.1, 0.15) is 4.88 Å². The molecule has 0 aliphatic heterocycles. The highest BCUT2D eigenvalue weighted by Crippen LogP contribution is 2.25. The Balaban J connectivity index is 1.78. The molecule has 0 radical (unpaired) electrons. The van der Waals surface area contributed by atoms with Crippen LogP contribution in [0.2, 0.25) is 0 Å². The van der Waals surface area contributed by atoms with Crippen LogP contribution in [0.4, 0.5) is 0 Å². The molecule has 2 nitrogen and oxygen atoms in total. The third kappa shape index (κ3) is 2.23. The van der Waals surface area contributed by atoms with E-state index in [4.69, 9.17) is 4.74 Å². The third-order valence-electron chi connectivity index (χ3n) is 2.59. The Labute approximate surface area is 111 Å². The molecule has 0 aliphatic rings. The fraction of sp³-hybridized carbons (Fsp3) is 0.0769. The number of thiophene rings is 1. The Bertz CT molecular complexity index is 643. The summed E-state index contributed by atoms with van der Waals surface area (Å²) in [6, 6.07) is 10.2. The lowest BCUT2D eigenvalue weighted by atomic mass is 10.2. The van der Waals surface area contributed by atoms with Gasteiger partial charge < -0.3 is 9.72 Å². The quantitative estimate of drug-likeness (QED) is 0.753. The molecule has 0 saturated heterocycles. The Morgan fingerprint density at radius 2 is 2.18 bits per heavy atom. The highest BCUT2D eigenvalue weighted by molar-refractivity contribution is 9.10. The second-order valence-electron chi connectivity index (χ2n) is 3.71. The lowest BCUT2D eigenvalue weighted by Crippen LogP contribution is -1.93. The molecule has 0 spiro atoms. The molecule has 0 aliphatic carbocycles. The molecule has 4 heteroatoms. The Morgan fingerprint density at radius 3 is 3.00 bits per heavy atom. The predicted molar refractivity (Wildman–Crippen MR) is 74.6 cm³/mol. The van der Waals surface area contributed by atoms with Gasteiger partial charge in [0.25, 0.3) is 0 Å². The summed E-state index contributed by atoms with van der Waals surface area (Å²) < 4.78 is 6.89. The number of ether oxygens (including phenoxy) is 1. The third-order valence-corrected chi connectivity index (χ3v) is 4.49. The highest BCUT2D eigenvalue weighted by Gasteiger charge is 2.03. The van der Waals surface area contributed by atoms with Crippen LogP contribution in [0.25, 0.3) is 10.9 Å². The van der Waals surface area contributed by atoms with E-state index in [0.29, 0.717) is 6.61 Å². The summed E-state index contributed by atoms with van der Waals surface area (Å²) in [5, 5.41) is 3.23. The van der Waals surface area contributed by atoms with Crippen molar-refractivity contribution in [3.8, 4) is 5.75 Å². The minimum Gasteiger partial charge on any atom is -0.488 e. The first-order valence-electron chi connectivity index (χ1n) is 5.25. The molecule has 3 rings (SSSR count). The van der Waals surface area contributed by atoms with Crippen LogP contribution in [0, 0.1) is 0 Å². The summed E-state index contributed by atoms with van der Waals surface area (Å²) in [5.41, 5.74) is 1.13. The molecule has 1 aromatic carbocycles. The zero-order chi connectivity index (χ0) is 11.7. The maximum absolute atomic E-state index is 5.78. The molecule has 3 aromatic rings. The summed E-state index contributed by atoms with van der Waals surface area (Å²) >= 11 is 5.19. The van der Waals surface area contributed by atoms with E-state index in [1.807, 2.05) is 36.5 Å². The molecule has 0 saturated carbocycles. The van der Waals surface area contributed by atoms with Crippen LogP contribution in [0.3, 0.4) is 0 Å². The van der Waals surface area contributed by atoms with E-state index < -0.39 is 0 Å². The topological polar surface area (TPSA) is 25.0 Å². The number of aromatic amines is 1. The molecule has 0 atom stereocenters. The van der Waals surface area contributed by atoms with Gasteiger partial charge in [-0.3, -0.25) is 0 Å². The van der Waals surface area contributed by atoms with Gasteiger partial charge in [-0.05, 0) is 51.6 Å². The van der Waals surface area contributed by atoms with Crippen molar-refractivity contribution in [1.82, 2.24) is 4.98 Å². The first-order valence-corrected chi connectivity index (χ1v) is 6.92. The molecule has 0 amide bonds. The second-order valence-corrected chi connectivity index (χ2v) is 5.56. The summed E-state index contributed by atoms with van der Waals surface area (Å²) in [7, 11) is 0. The van der Waals surface area contributed by atoms with E-state index in [1.165, 1.54) is 10.3 Å². The first kappa shape index (κ1) is 10.9. The number of nitrogens with one attached hydrogen (secondary N) is 1. The maximum atomic E-state index is 5.78. The number of benzene rings is 1. The smallest absolute Gasteiger partial charge is 0.124 e. The van der Waals surface area contributed by atoms with Crippen molar-refractivity contribution in [2.75, 3.05) is 0 Å². The Kier molecular flexibility index (Phi) is 2.91. The predicted octanol–water partition coefficient (Wildman–Crippen LogP) is 4.57. The van der Waals surface area contributed by atoms with Crippen molar-refractivity contribution >= 4 is 38.2 Å². The zero-order valence-electron chi connectivity index (χ0n) is 8.94. The van der Waals surface area contributed by atoms with Crippen molar-refractivity contribution in [3.63, 3.8) is 0 Å². The number of aromatic nitrogens is 1. The number of hydrogen-bond donors (Lipinski definition) is 1. The van der Waals surface area contributed by atoms with Gasteiger partial charge in [0.2, 0.25) is 0 Å². The molecule has 0 unspecified atom stereocenters. The molecule has 0 fully saturated rings. The SMILES string of the molecule is Brc1ccsc1COc1ccc2[nH]ccc2c1. The normalized spacial score (nSPS) is 10.9. The average molecular weight is 308 g/mol. The average Bonchev–Trinajstić information content (AvgIpc) is 2.94. The van der Waals surface area contributed by atoms with E-state index in [9.17, 15) is 0 Å². The fourth-order valence-corrected chi connectivity index (χ4v) is 3.08.